The highest BCUT2D eigenvalue weighted by atomic mass is 16.4. The first-order valence-corrected chi connectivity index (χ1v) is 7.39. The molecule has 0 unspecified atom stereocenters. The molecule has 2 aromatic rings. The van der Waals surface area contributed by atoms with Gasteiger partial charge in [0.2, 0.25) is 0 Å². The summed E-state index contributed by atoms with van der Waals surface area (Å²) in [6.07, 6.45) is 3.57. The van der Waals surface area contributed by atoms with Gasteiger partial charge >= 0.3 is 5.97 Å². The molecular weight excluding hydrogens is 262 g/mol. The summed E-state index contributed by atoms with van der Waals surface area (Å²) in [7, 11) is 0. The van der Waals surface area contributed by atoms with Gasteiger partial charge < -0.3 is 10.0 Å². The maximum atomic E-state index is 10.9. The number of anilines is 1. The van der Waals surface area contributed by atoms with Gasteiger partial charge in [0.05, 0.1) is 5.56 Å². The molecule has 0 radical (unpaired) electrons. The molecule has 108 valence electrons. The second kappa shape index (κ2) is 6.00. The van der Waals surface area contributed by atoms with Crippen molar-refractivity contribution in [2.45, 2.75) is 25.8 Å². The molecule has 0 bridgehead atoms. The molecule has 0 spiro atoms. The molecule has 1 aliphatic rings. The lowest BCUT2D eigenvalue weighted by Gasteiger charge is -2.25. The number of benzene rings is 2. The molecule has 0 aromatic heterocycles. The summed E-state index contributed by atoms with van der Waals surface area (Å²) in [4.78, 5) is 13.3. The van der Waals surface area contributed by atoms with Gasteiger partial charge in [-0.15, -0.1) is 0 Å². The molecule has 1 heterocycles. The van der Waals surface area contributed by atoms with E-state index in [-0.39, 0.29) is 0 Å². The molecule has 0 saturated heterocycles. The summed E-state index contributed by atoms with van der Waals surface area (Å²) in [5, 5.41) is 8.95. The Kier molecular flexibility index (Phi) is 3.91. The second-order valence-corrected chi connectivity index (χ2v) is 5.51. The Morgan fingerprint density at radius 1 is 1.05 bits per heavy atom. The fourth-order valence-electron chi connectivity index (χ4n) is 2.91. The van der Waals surface area contributed by atoms with Crippen LogP contribution in [0.3, 0.4) is 0 Å². The van der Waals surface area contributed by atoms with Crippen LogP contribution in [0.15, 0.2) is 48.5 Å². The third-order valence-electron chi connectivity index (χ3n) is 4.03. The van der Waals surface area contributed by atoms with E-state index in [9.17, 15) is 4.79 Å². The minimum atomic E-state index is -0.873. The standard InChI is InChI=1S/C18H19NO2/c20-18(21)16-10-8-14(9-11-16)13-19-12-4-3-6-15-5-1-2-7-17(15)19/h1-2,5,7-11H,3-4,6,12-13H2,(H,20,21). The number of hydrogen-bond acceptors (Lipinski definition) is 2. The molecule has 21 heavy (non-hydrogen) atoms. The summed E-state index contributed by atoms with van der Waals surface area (Å²) >= 11 is 0. The Morgan fingerprint density at radius 2 is 1.81 bits per heavy atom. The monoisotopic (exact) mass is 281 g/mol. The number of aromatic carboxylic acids is 1. The Bertz CT molecular complexity index is 634. The van der Waals surface area contributed by atoms with E-state index in [2.05, 4.69) is 29.2 Å². The van der Waals surface area contributed by atoms with Crippen molar-refractivity contribution in [3.8, 4) is 0 Å². The lowest BCUT2D eigenvalue weighted by atomic mass is 10.1. The van der Waals surface area contributed by atoms with Crippen molar-refractivity contribution < 1.29 is 9.90 Å². The predicted octanol–water partition coefficient (Wildman–Crippen LogP) is 3.73. The smallest absolute Gasteiger partial charge is 0.335 e. The van der Waals surface area contributed by atoms with Gasteiger partial charge in [-0.2, -0.15) is 0 Å². The molecule has 0 atom stereocenters. The first kappa shape index (κ1) is 13.7. The van der Waals surface area contributed by atoms with Gasteiger partial charge in [-0.3, -0.25) is 0 Å². The number of nitrogens with zero attached hydrogens (tertiary/aromatic N) is 1. The van der Waals surface area contributed by atoms with Crippen molar-refractivity contribution in [3.05, 3.63) is 65.2 Å². The number of carboxylic acids is 1. The number of fused-ring (bicyclic) bond motifs is 1. The summed E-state index contributed by atoms with van der Waals surface area (Å²) < 4.78 is 0. The summed E-state index contributed by atoms with van der Waals surface area (Å²) in [6.45, 7) is 1.88. The molecule has 1 N–H and O–H groups in total. The van der Waals surface area contributed by atoms with Crippen LogP contribution in [0.4, 0.5) is 5.69 Å². The summed E-state index contributed by atoms with van der Waals surface area (Å²) in [6, 6.07) is 15.8. The highest BCUT2D eigenvalue weighted by molar-refractivity contribution is 5.87. The predicted molar refractivity (Wildman–Crippen MR) is 83.8 cm³/mol. The van der Waals surface area contributed by atoms with Gasteiger partial charge in [0, 0.05) is 18.8 Å². The average molecular weight is 281 g/mol. The molecule has 0 fully saturated rings. The molecule has 3 rings (SSSR count). The van der Waals surface area contributed by atoms with Crippen molar-refractivity contribution in [1.82, 2.24) is 0 Å². The molecule has 2 aromatic carbocycles. The first-order valence-electron chi connectivity index (χ1n) is 7.39. The van der Waals surface area contributed by atoms with E-state index in [1.165, 1.54) is 24.1 Å². The van der Waals surface area contributed by atoms with Crippen LogP contribution in [0, 0.1) is 0 Å². The van der Waals surface area contributed by atoms with E-state index in [0.717, 1.165) is 25.1 Å². The van der Waals surface area contributed by atoms with E-state index in [1.54, 1.807) is 12.1 Å². The number of carbonyl (C=O) groups is 1. The lowest BCUT2D eigenvalue weighted by Crippen LogP contribution is -2.23. The molecule has 3 nitrogen and oxygen atoms in total. The topological polar surface area (TPSA) is 40.5 Å². The third kappa shape index (κ3) is 3.07. The molecular formula is C18H19NO2. The average Bonchev–Trinajstić information content (AvgIpc) is 2.71. The van der Waals surface area contributed by atoms with Crippen molar-refractivity contribution in [3.63, 3.8) is 0 Å². The molecule has 1 aliphatic heterocycles. The van der Waals surface area contributed by atoms with E-state index in [1.807, 2.05) is 12.1 Å². The van der Waals surface area contributed by atoms with Crippen LogP contribution in [-0.2, 0) is 13.0 Å². The second-order valence-electron chi connectivity index (χ2n) is 5.51. The van der Waals surface area contributed by atoms with E-state index in [0.29, 0.717) is 5.56 Å². The molecule has 3 heteroatoms. The quantitative estimate of drug-likeness (QED) is 0.932. The SMILES string of the molecule is O=C(O)c1ccc(CN2CCCCc3ccccc32)cc1. The highest BCUT2D eigenvalue weighted by Gasteiger charge is 2.15. The van der Waals surface area contributed by atoms with Crippen molar-refractivity contribution >= 4 is 11.7 Å². The summed E-state index contributed by atoms with van der Waals surface area (Å²) in [5.74, 6) is -0.873. The zero-order chi connectivity index (χ0) is 14.7. The van der Waals surface area contributed by atoms with E-state index in [4.69, 9.17) is 5.11 Å². The number of para-hydroxylation sites is 1. The van der Waals surface area contributed by atoms with Gasteiger partial charge in [0.15, 0.2) is 0 Å². The maximum Gasteiger partial charge on any atom is 0.335 e. The van der Waals surface area contributed by atoms with Gasteiger partial charge in [-0.05, 0) is 48.6 Å². The van der Waals surface area contributed by atoms with E-state index < -0.39 is 5.97 Å². The number of rotatable bonds is 3. The van der Waals surface area contributed by atoms with Crippen LogP contribution in [-0.4, -0.2) is 17.6 Å². The van der Waals surface area contributed by atoms with Crippen molar-refractivity contribution in [2.75, 3.05) is 11.4 Å². The van der Waals surface area contributed by atoms with Crippen LogP contribution in [0.1, 0.15) is 34.3 Å². The number of aryl methyl sites for hydroxylation is 1. The zero-order valence-corrected chi connectivity index (χ0v) is 12.0. The Hall–Kier alpha value is -2.29. The lowest BCUT2D eigenvalue weighted by molar-refractivity contribution is 0.0697. The third-order valence-corrected chi connectivity index (χ3v) is 4.03. The molecule has 0 aliphatic carbocycles. The highest BCUT2D eigenvalue weighted by Crippen LogP contribution is 2.27. The van der Waals surface area contributed by atoms with Gasteiger partial charge in [0.1, 0.15) is 0 Å². The molecule has 0 amide bonds. The number of carboxylic acid groups (broad SMARTS) is 1. The zero-order valence-electron chi connectivity index (χ0n) is 12.0. The van der Waals surface area contributed by atoms with Crippen LogP contribution in [0.25, 0.3) is 0 Å². The first-order chi connectivity index (χ1) is 10.2. The maximum absolute atomic E-state index is 10.9. The normalized spacial score (nSPS) is 14.4. The van der Waals surface area contributed by atoms with Crippen LogP contribution in [0.5, 0.6) is 0 Å². The van der Waals surface area contributed by atoms with Gasteiger partial charge in [-0.25, -0.2) is 4.79 Å². The fraction of sp³-hybridized carbons (Fsp3) is 0.278. The van der Waals surface area contributed by atoms with E-state index >= 15 is 0 Å². The van der Waals surface area contributed by atoms with Gasteiger partial charge in [-0.1, -0.05) is 30.3 Å². The van der Waals surface area contributed by atoms with Crippen molar-refractivity contribution in [1.29, 1.82) is 0 Å². The van der Waals surface area contributed by atoms with Crippen LogP contribution < -0.4 is 4.90 Å². The fourth-order valence-corrected chi connectivity index (χ4v) is 2.91. The Labute approximate surface area is 124 Å². The molecule has 0 saturated carbocycles. The van der Waals surface area contributed by atoms with Crippen molar-refractivity contribution in [2.24, 2.45) is 0 Å². The minimum Gasteiger partial charge on any atom is -0.478 e. The Morgan fingerprint density at radius 3 is 2.57 bits per heavy atom. The largest absolute Gasteiger partial charge is 0.478 e. The summed E-state index contributed by atoms with van der Waals surface area (Å²) in [5.41, 5.74) is 4.22. The minimum absolute atomic E-state index is 0.343. The number of hydrogen-bond donors (Lipinski definition) is 1. The van der Waals surface area contributed by atoms with Gasteiger partial charge in [0.25, 0.3) is 0 Å². The van der Waals surface area contributed by atoms with Crippen LogP contribution in [0.2, 0.25) is 0 Å². The van der Waals surface area contributed by atoms with Crippen LogP contribution >= 0.6 is 0 Å². The Balaban J connectivity index is 1.82.